The molecule has 0 saturated carbocycles. The number of nitrogen functional groups attached to an aromatic ring is 1. The van der Waals surface area contributed by atoms with Gasteiger partial charge in [-0.15, -0.1) is 0 Å². The van der Waals surface area contributed by atoms with Crippen molar-refractivity contribution in [3.8, 4) is 0 Å². The normalized spacial score (nSPS) is 10.9. The van der Waals surface area contributed by atoms with Gasteiger partial charge in [0.2, 0.25) is 0 Å². The van der Waals surface area contributed by atoms with E-state index in [0.29, 0.717) is 17.3 Å². The summed E-state index contributed by atoms with van der Waals surface area (Å²) in [5, 5.41) is 1.29. The Morgan fingerprint density at radius 3 is 2.81 bits per heavy atom. The number of fused-ring (bicyclic) bond motifs is 1. The molecule has 84 valence electrons. The number of benzene rings is 1. The SMILES string of the molecule is CCCn1c(=O)cc(Cl)c2cc(N)ccc21. The summed E-state index contributed by atoms with van der Waals surface area (Å²) in [5.41, 5.74) is 7.13. The van der Waals surface area contributed by atoms with Crippen molar-refractivity contribution < 1.29 is 0 Å². The molecule has 3 nitrogen and oxygen atoms in total. The number of rotatable bonds is 2. The second-order valence-electron chi connectivity index (χ2n) is 3.76. The summed E-state index contributed by atoms with van der Waals surface area (Å²) in [7, 11) is 0. The van der Waals surface area contributed by atoms with E-state index in [0.717, 1.165) is 17.3 Å². The molecule has 2 aromatic rings. The Kier molecular flexibility index (Phi) is 2.88. The van der Waals surface area contributed by atoms with Crippen LogP contribution in [0.4, 0.5) is 5.69 Å². The molecule has 0 aliphatic rings. The fourth-order valence-electron chi connectivity index (χ4n) is 1.82. The number of anilines is 1. The van der Waals surface area contributed by atoms with Crippen molar-refractivity contribution in [2.75, 3.05) is 5.73 Å². The van der Waals surface area contributed by atoms with Gasteiger partial charge in [0.1, 0.15) is 0 Å². The van der Waals surface area contributed by atoms with Crippen LogP contribution in [0, 0.1) is 0 Å². The fourth-order valence-corrected chi connectivity index (χ4v) is 2.06. The molecule has 0 saturated heterocycles. The Hall–Kier alpha value is -1.48. The van der Waals surface area contributed by atoms with E-state index < -0.39 is 0 Å². The van der Waals surface area contributed by atoms with Crippen LogP contribution in [0.5, 0.6) is 0 Å². The maximum atomic E-state index is 11.8. The molecule has 2 rings (SSSR count). The Morgan fingerprint density at radius 1 is 1.38 bits per heavy atom. The van der Waals surface area contributed by atoms with Gasteiger partial charge in [-0.05, 0) is 24.6 Å². The van der Waals surface area contributed by atoms with Gasteiger partial charge in [-0.1, -0.05) is 18.5 Å². The number of pyridine rings is 1. The van der Waals surface area contributed by atoms with Gasteiger partial charge in [-0.25, -0.2) is 0 Å². The van der Waals surface area contributed by atoms with Crippen LogP contribution in [0.1, 0.15) is 13.3 Å². The highest BCUT2D eigenvalue weighted by Gasteiger charge is 2.06. The quantitative estimate of drug-likeness (QED) is 0.815. The molecule has 0 radical (unpaired) electrons. The third kappa shape index (κ3) is 1.78. The van der Waals surface area contributed by atoms with Gasteiger partial charge in [-0.3, -0.25) is 4.79 Å². The molecule has 1 heterocycles. The molecular weight excluding hydrogens is 224 g/mol. The van der Waals surface area contributed by atoms with Crippen molar-refractivity contribution in [1.29, 1.82) is 0 Å². The van der Waals surface area contributed by atoms with Crippen molar-refractivity contribution in [1.82, 2.24) is 4.57 Å². The number of halogens is 1. The number of nitrogens with zero attached hydrogens (tertiary/aromatic N) is 1. The van der Waals surface area contributed by atoms with E-state index >= 15 is 0 Å². The molecule has 0 spiro atoms. The lowest BCUT2D eigenvalue weighted by Crippen LogP contribution is -2.19. The molecule has 0 bridgehead atoms. The van der Waals surface area contributed by atoms with Gasteiger partial charge in [-0.2, -0.15) is 0 Å². The average Bonchev–Trinajstić information content (AvgIpc) is 2.24. The summed E-state index contributed by atoms with van der Waals surface area (Å²) in [5.74, 6) is 0. The van der Waals surface area contributed by atoms with Crippen LogP contribution in [0.2, 0.25) is 5.02 Å². The van der Waals surface area contributed by atoms with Gasteiger partial charge in [0.15, 0.2) is 0 Å². The van der Waals surface area contributed by atoms with Gasteiger partial charge >= 0.3 is 0 Å². The molecule has 0 fully saturated rings. The van der Waals surface area contributed by atoms with Crippen molar-refractivity contribution in [2.45, 2.75) is 19.9 Å². The highest BCUT2D eigenvalue weighted by Crippen LogP contribution is 2.23. The predicted molar refractivity (Wildman–Crippen MR) is 67.9 cm³/mol. The maximum Gasteiger partial charge on any atom is 0.252 e. The lowest BCUT2D eigenvalue weighted by Gasteiger charge is -2.10. The minimum Gasteiger partial charge on any atom is -0.399 e. The number of aryl methyl sites for hydroxylation is 1. The van der Waals surface area contributed by atoms with Gasteiger partial charge in [0.05, 0.1) is 10.5 Å². The fraction of sp³-hybridized carbons (Fsp3) is 0.250. The van der Waals surface area contributed by atoms with Crippen LogP contribution in [-0.2, 0) is 6.54 Å². The first-order valence-corrected chi connectivity index (χ1v) is 5.60. The minimum atomic E-state index is -0.0656. The molecule has 0 amide bonds. The molecular formula is C12H13ClN2O. The van der Waals surface area contributed by atoms with Crippen LogP contribution >= 0.6 is 11.6 Å². The second-order valence-corrected chi connectivity index (χ2v) is 4.17. The zero-order valence-electron chi connectivity index (χ0n) is 9.03. The highest BCUT2D eigenvalue weighted by molar-refractivity contribution is 6.35. The third-order valence-corrected chi connectivity index (χ3v) is 2.84. The van der Waals surface area contributed by atoms with E-state index in [1.165, 1.54) is 6.07 Å². The number of hydrogen-bond donors (Lipinski definition) is 1. The van der Waals surface area contributed by atoms with E-state index in [4.69, 9.17) is 17.3 Å². The van der Waals surface area contributed by atoms with Crippen LogP contribution in [0.3, 0.4) is 0 Å². The first-order chi connectivity index (χ1) is 7.63. The second kappa shape index (κ2) is 4.18. The molecule has 0 atom stereocenters. The summed E-state index contributed by atoms with van der Waals surface area (Å²) >= 11 is 6.04. The van der Waals surface area contributed by atoms with E-state index in [1.807, 2.05) is 13.0 Å². The largest absolute Gasteiger partial charge is 0.399 e. The van der Waals surface area contributed by atoms with Crippen molar-refractivity contribution in [3.05, 3.63) is 39.6 Å². The van der Waals surface area contributed by atoms with Crippen LogP contribution in [0.15, 0.2) is 29.1 Å². The van der Waals surface area contributed by atoms with E-state index in [-0.39, 0.29) is 5.56 Å². The van der Waals surface area contributed by atoms with E-state index in [1.54, 1.807) is 16.7 Å². The molecule has 16 heavy (non-hydrogen) atoms. The maximum absolute atomic E-state index is 11.8. The van der Waals surface area contributed by atoms with Gasteiger partial charge in [0.25, 0.3) is 5.56 Å². The number of aromatic nitrogens is 1. The van der Waals surface area contributed by atoms with Gasteiger partial charge in [0, 0.05) is 23.7 Å². The highest BCUT2D eigenvalue weighted by atomic mass is 35.5. The zero-order chi connectivity index (χ0) is 11.7. The number of hydrogen-bond acceptors (Lipinski definition) is 2. The van der Waals surface area contributed by atoms with Crippen LogP contribution in [-0.4, -0.2) is 4.57 Å². The lowest BCUT2D eigenvalue weighted by molar-refractivity contribution is 0.678. The summed E-state index contributed by atoms with van der Waals surface area (Å²) in [4.78, 5) is 11.8. The molecule has 0 aliphatic carbocycles. The minimum absolute atomic E-state index is 0.0656. The third-order valence-electron chi connectivity index (χ3n) is 2.53. The van der Waals surface area contributed by atoms with Crippen LogP contribution < -0.4 is 11.3 Å². The standard InChI is InChI=1S/C12H13ClN2O/c1-2-5-15-11-4-3-8(14)6-9(11)10(13)7-12(15)16/h3-4,6-7H,2,5,14H2,1H3. The zero-order valence-corrected chi connectivity index (χ0v) is 9.79. The molecule has 1 aromatic heterocycles. The Balaban J connectivity index is 2.84. The average molecular weight is 237 g/mol. The Labute approximate surface area is 98.4 Å². The monoisotopic (exact) mass is 236 g/mol. The van der Waals surface area contributed by atoms with Gasteiger partial charge < -0.3 is 10.3 Å². The first-order valence-electron chi connectivity index (χ1n) is 5.22. The van der Waals surface area contributed by atoms with E-state index in [2.05, 4.69) is 0 Å². The molecule has 2 N–H and O–H groups in total. The topological polar surface area (TPSA) is 48.0 Å². The smallest absolute Gasteiger partial charge is 0.252 e. The van der Waals surface area contributed by atoms with Crippen molar-refractivity contribution in [3.63, 3.8) is 0 Å². The summed E-state index contributed by atoms with van der Waals surface area (Å²) in [6.07, 6.45) is 0.904. The lowest BCUT2D eigenvalue weighted by atomic mass is 10.2. The Bertz CT molecular complexity index is 589. The van der Waals surface area contributed by atoms with Crippen LogP contribution in [0.25, 0.3) is 10.9 Å². The molecule has 4 heteroatoms. The summed E-state index contributed by atoms with van der Waals surface area (Å²) < 4.78 is 1.72. The number of nitrogens with two attached hydrogens (primary N) is 1. The molecule has 0 aliphatic heterocycles. The summed E-state index contributed by atoms with van der Waals surface area (Å²) in [6.45, 7) is 2.72. The van der Waals surface area contributed by atoms with Crippen molar-refractivity contribution in [2.24, 2.45) is 0 Å². The first kappa shape index (κ1) is 11.0. The molecule has 0 unspecified atom stereocenters. The Morgan fingerprint density at radius 2 is 2.12 bits per heavy atom. The predicted octanol–water partition coefficient (Wildman–Crippen LogP) is 2.65. The van der Waals surface area contributed by atoms with Crippen molar-refractivity contribution >= 4 is 28.2 Å². The summed E-state index contributed by atoms with van der Waals surface area (Å²) in [6, 6.07) is 6.86. The molecule has 1 aromatic carbocycles. The van der Waals surface area contributed by atoms with E-state index in [9.17, 15) is 4.79 Å².